The quantitative estimate of drug-likeness (QED) is 0.548. The van der Waals surface area contributed by atoms with Crippen molar-refractivity contribution in [3.05, 3.63) is 65.2 Å². The summed E-state index contributed by atoms with van der Waals surface area (Å²) in [6, 6.07) is 4.88. The van der Waals surface area contributed by atoms with Gasteiger partial charge in [-0.2, -0.15) is 5.26 Å². The predicted molar refractivity (Wildman–Crippen MR) is 143 cm³/mol. The molecule has 2 aliphatic carbocycles. The van der Waals surface area contributed by atoms with E-state index in [2.05, 4.69) is 16.5 Å². The second-order valence-corrected chi connectivity index (χ2v) is 11.1. The molecule has 38 heavy (non-hydrogen) atoms. The van der Waals surface area contributed by atoms with Crippen molar-refractivity contribution < 1.29 is 14.0 Å². The van der Waals surface area contributed by atoms with Crippen molar-refractivity contribution in [1.29, 1.82) is 5.26 Å². The number of carbonyl (C=O) groups excluding carboxylic acids is 2. The lowest BCUT2D eigenvalue weighted by atomic mass is 9.86. The van der Waals surface area contributed by atoms with E-state index in [1.54, 1.807) is 30.6 Å². The van der Waals surface area contributed by atoms with E-state index < -0.39 is 29.2 Å². The van der Waals surface area contributed by atoms with E-state index >= 15 is 4.39 Å². The van der Waals surface area contributed by atoms with Crippen molar-refractivity contribution in [2.75, 3.05) is 11.4 Å². The Bertz CT molecular complexity index is 1280. The summed E-state index contributed by atoms with van der Waals surface area (Å²) in [6.07, 6.45) is 15.3. The van der Waals surface area contributed by atoms with Gasteiger partial charge in [0, 0.05) is 47.2 Å². The summed E-state index contributed by atoms with van der Waals surface area (Å²) in [5.74, 6) is -1.14. The first-order valence-electron chi connectivity index (χ1n) is 13.5. The number of rotatable bonds is 6. The van der Waals surface area contributed by atoms with Gasteiger partial charge < -0.3 is 5.32 Å². The van der Waals surface area contributed by atoms with Crippen LogP contribution in [-0.4, -0.2) is 40.3 Å². The standard InChI is InChI=1S/C30H34FN5O2/c1-30(2)13-12-20-16-23(17-24(31)26(20)30)36(29(38)25-11-7-15-35(25)19-32)27(21-8-6-14-33-18-21)28(37)34-22-9-4-3-5-10-22/h6,8,12-14,16-18,22,25,27H,3-5,7,9-11,15H2,1-2H3,(H,34,37). The zero-order valence-electron chi connectivity index (χ0n) is 22.0. The van der Waals surface area contributed by atoms with E-state index in [1.807, 2.05) is 26.0 Å². The van der Waals surface area contributed by atoms with Crippen LogP contribution in [0.2, 0.25) is 0 Å². The number of halogens is 1. The third-order valence-electron chi connectivity index (χ3n) is 8.07. The van der Waals surface area contributed by atoms with Crippen molar-refractivity contribution in [3.8, 4) is 6.19 Å². The van der Waals surface area contributed by atoms with Gasteiger partial charge in [0.05, 0.1) is 0 Å². The highest BCUT2D eigenvalue weighted by molar-refractivity contribution is 6.04. The third-order valence-corrected chi connectivity index (χ3v) is 8.07. The Kier molecular flexibility index (Phi) is 7.20. The summed E-state index contributed by atoms with van der Waals surface area (Å²) in [5, 5.41) is 12.9. The maximum absolute atomic E-state index is 15.7. The van der Waals surface area contributed by atoms with Crippen LogP contribution in [0.15, 0.2) is 42.7 Å². The number of fused-ring (bicyclic) bond motifs is 1. The van der Waals surface area contributed by atoms with Crippen molar-refractivity contribution in [2.24, 2.45) is 0 Å². The van der Waals surface area contributed by atoms with E-state index in [-0.39, 0.29) is 11.9 Å². The molecule has 2 aromatic rings. The fraction of sp³-hybridized carbons (Fsp3) is 0.467. The molecule has 0 spiro atoms. The van der Waals surface area contributed by atoms with Crippen LogP contribution in [0.1, 0.15) is 81.5 Å². The van der Waals surface area contributed by atoms with Crippen LogP contribution in [0.3, 0.4) is 0 Å². The minimum absolute atomic E-state index is 0.0231. The number of hydrogen-bond donors (Lipinski definition) is 1. The molecule has 0 radical (unpaired) electrons. The van der Waals surface area contributed by atoms with Crippen molar-refractivity contribution in [2.45, 2.75) is 82.3 Å². The lowest BCUT2D eigenvalue weighted by molar-refractivity contribution is -0.128. The van der Waals surface area contributed by atoms with Gasteiger partial charge in [-0.15, -0.1) is 0 Å². The Morgan fingerprint density at radius 2 is 2.00 bits per heavy atom. The van der Waals surface area contributed by atoms with E-state index in [1.165, 1.54) is 15.9 Å². The minimum atomic E-state index is -1.06. The molecule has 8 heteroatoms. The van der Waals surface area contributed by atoms with Crippen LogP contribution >= 0.6 is 0 Å². The van der Waals surface area contributed by atoms with Gasteiger partial charge in [-0.1, -0.05) is 51.3 Å². The molecule has 3 aliphatic rings. The number of nitriles is 1. The highest BCUT2D eigenvalue weighted by atomic mass is 19.1. The largest absolute Gasteiger partial charge is 0.351 e. The molecule has 1 aliphatic heterocycles. The second kappa shape index (κ2) is 10.6. The first-order chi connectivity index (χ1) is 18.3. The Morgan fingerprint density at radius 3 is 2.71 bits per heavy atom. The predicted octanol–water partition coefficient (Wildman–Crippen LogP) is 4.99. The van der Waals surface area contributed by atoms with Crippen LogP contribution in [0, 0.1) is 17.3 Å². The molecule has 5 rings (SSSR count). The number of likely N-dealkylation sites (tertiary alicyclic amines) is 1. The van der Waals surface area contributed by atoms with Gasteiger partial charge in [0.2, 0.25) is 5.91 Å². The Morgan fingerprint density at radius 1 is 1.21 bits per heavy atom. The van der Waals surface area contributed by atoms with E-state index in [0.29, 0.717) is 41.8 Å². The number of amides is 2. The summed E-state index contributed by atoms with van der Waals surface area (Å²) in [5.41, 5.74) is 1.61. The molecule has 0 bridgehead atoms. The molecule has 1 aromatic heterocycles. The lowest BCUT2D eigenvalue weighted by Crippen LogP contribution is -2.51. The molecule has 2 heterocycles. The van der Waals surface area contributed by atoms with Crippen LogP contribution in [0.5, 0.6) is 0 Å². The first-order valence-corrected chi connectivity index (χ1v) is 13.5. The van der Waals surface area contributed by atoms with Gasteiger partial charge in [0.25, 0.3) is 5.91 Å². The molecule has 2 atom stereocenters. The molecule has 1 aromatic carbocycles. The van der Waals surface area contributed by atoms with Gasteiger partial charge in [-0.25, -0.2) is 4.39 Å². The van der Waals surface area contributed by atoms with Crippen LogP contribution in [-0.2, 0) is 15.0 Å². The molecular formula is C30H34FN5O2. The van der Waals surface area contributed by atoms with Gasteiger partial charge >= 0.3 is 0 Å². The Balaban J connectivity index is 1.62. The summed E-state index contributed by atoms with van der Waals surface area (Å²) < 4.78 is 15.7. The van der Waals surface area contributed by atoms with Gasteiger partial charge in [-0.3, -0.25) is 24.4 Å². The molecule has 1 N–H and O–H groups in total. The van der Waals surface area contributed by atoms with Crippen molar-refractivity contribution in [1.82, 2.24) is 15.2 Å². The molecule has 7 nitrogen and oxygen atoms in total. The zero-order valence-corrected chi connectivity index (χ0v) is 22.0. The first kappa shape index (κ1) is 25.9. The minimum Gasteiger partial charge on any atom is -0.351 e. The van der Waals surface area contributed by atoms with E-state index in [9.17, 15) is 14.9 Å². The van der Waals surface area contributed by atoms with Gasteiger partial charge in [-0.05, 0) is 49.4 Å². The number of allylic oxidation sites excluding steroid dienone is 1. The number of aromatic nitrogens is 1. The van der Waals surface area contributed by atoms with Crippen LogP contribution in [0.4, 0.5) is 10.1 Å². The second-order valence-electron chi connectivity index (χ2n) is 11.1. The van der Waals surface area contributed by atoms with Gasteiger partial charge in [0.1, 0.15) is 17.9 Å². The monoisotopic (exact) mass is 515 g/mol. The molecule has 198 valence electrons. The Labute approximate surface area is 223 Å². The maximum Gasteiger partial charge on any atom is 0.251 e. The van der Waals surface area contributed by atoms with Gasteiger partial charge in [0.15, 0.2) is 6.19 Å². The number of benzene rings is 1. The smallest absolute Gasteiger partial charge is 0.251 e. The number of anilines is 1. The normalized spacial score (nSPS) is 21.0. The van der Waals surface area contributed by atoms with Crippen molar-refractivity contribution in [3.63, 3.8) is 0 Å². The fourth-order valence-corrected chi connectivity index (χ4v) is 6.13. The third kappa shape index (κ3) is 4.90. The number of nitrogens with one attached hydrogen (secondary N) is 1. The van der Waals surface area contributed by atoms with Crippen LogP contribution in [0.25, 0.3) is 6.08 Å². The topological polar surface area (TPSA) is 89.3 Å². The highest BCUT2D eigenvalue weighted by Gasteiger charge is 2.41. The van der Waals surface area contributed by atoms with Crippen molar-refractivity contribution >= 4 is 23.6 Å². The molecular weight excluding hydrogens is 481 g/mol. The lowest BCUT2D eigenvalue weighted by Gasteiger charge is -2.36. The van der Waals surface area contributed by atoms with E-state index in [4.69, 9.17) is 0 Å². The molecule has 2 fully saturated rings. The highest BCUT2D eigenvalue weighted by Crippen LogP contribution is 2.41. The zero-order chi connectivity index (χ0) is 26.9. The van der Waals surface area contributed by atoms with Crippen LogP contribution < -0.4 is 10.2 Å². The fourth-order valence-electron chi connectivity index (χ4n) is 6.13. The number of carbonyl (C=O) groups is 2. The summed E-state index contributed by atoms with van der Waals surface area (Å²) in [4.78, 5) is 35.3. The number of hydrogen-bond acceptors (Lipinski definition) is 5. The summed E-state index contributed by atoms with van der Waals surface area (Å²) in [6.45, 7) is 4.36. The Hall–Kier alpha value is -3.73. The molecule has 1 saturated carbocycles. The maximum atomic E-state index is 15.7. The number of nitrogens with zero attached hydrogens (tertiary/aromatic N) is 4. The summed E-state index contributed by atoms with van der Waals surface area (Å²) >= 11 is 0. The average Bonchev–Trinajstić information content (AvgIpc) is 3.51. The molecule has 2 amide bonds. The summed E-state index contributed by atoms with van der Waals surface area (Å²) in [7, 11) is 0. The number of pyridine rings is 1. The average molecular weight is 516 g/mol. The molecule has 1 saturated heterocycles. The SMILES string of the molecule is CC1(C)C=Cc2cc(N(C(=O)C3CCCN3C#N)C(C(=O)NC3CCCCC3)c3cccnc3)cc(F)c21. The van der Waals surface area contributed by atoms with E-state index in [0.717, 1.165) is 32.1 Å². The molecule has 2 unspecified atom stereocenters.